The van der Waals surface area contributed by atoms with Crippen molar-refractivity contribution in [1.82, 2.24) is 4.98 Å². The van der Waals surface area contributed by atoms with Gasteiger partial charge in [-0.15, -0.1) is 0 Å². The summed E-state index contributed by atoms with van der Waals surface area (Å²) >= 11 is 0. The van der Waals surface area contributed by atoms with E-state index in [1.165, 1.54) is 6.07 Å². The van der Waals surface area contributed by atoms with Gasteiger partial charge in [0.25, 0.3) is 5.96 Å². The Labute approximate surface area is 119 Å². The smallest absolute Gasteiger partial charge is 0.357 e. The first-order valence-electron chi connectivity index (χ1n) is 6.61. The molecule has 0 saturated heterocycles. The molecule has 0 aliphatic carbocycles. The van der Waals surface area contributed by atoms with Crippen molar-refractivity contribution in [1.29, 1.82) is 0 Å². The molecular formula is C15H13FN5+. The lowest BCUT2D eigenvalue weighted by Crippen LogP contribution is -2.48. The standard InChI is InChI=1S/C15H12FN5/c16-10-6-2-1-5-9(10)13-19-14(17)20-15-18-11-7-3-4-8-12(11)21(13)15/h1-8,13H,(H3,17,18,19,20)/p+1/t13-/m1/s1. The number of hydrogen-bond donors (Lipinski definition) is 3. The highest BCUT2D eigenvalue weighted by atomic mass is 19.1. The Morgan fingerprint density at radius 1 is 1.10 bits per heavy atom. The Bertz CT molecular complexity index is 867. The number of benzene rings is 2. The number of rotatable bonds is 1. The molecule has 0 bridgehead atoms. The number of guanidine groups is 1. The van der Waals surface area contributed by atoms with E-state index in [-0.39, 0.29) is 11.8 Å². The van der Waals surface area contributed by atoms with Crippen molar-refractivity contribution in [2.75, 3.05) is 5.32 Å². The second kappa shape index (κ2) is 4.31. The van der Waals surface area contributed by atoms with E-state index in [0.717, 1.165) is 11.0 Å². The number of H-pyrrole nitrogens is 1. The molecule has 1 aromatic heterocycles. The Kier molecular flexibility index (Phi) is 2.44. The van der Waals surface area contributed by atoms with Crippen LogP contribution in [-0.2, 0) is 0 Å². The van der Waals surface area contributed by atoms with E-state index in [2.05, 4.69) is 15.3 Å². The maximum atomic E-state index is 14.1. The number of aromatic nitrogens is 2. The van der Waals surface area contributed by atoms with E-state index in [9.17, 15) is 4.39 Å². The molecule has 1 aliphatic rings. The SMILES string of the molecule is NC1=N[C@@H](c2ccccc2F)[n+]2c([nH]c3ccccc32)N1. The predicted molar refractivity (Wildman–Crippen MR) is 78.3 cm³/mol. The number of halogens is 1. The zero-order valence-electron chi connectivity index (χ0n) is 11.0. The van der Waals surface area contributed by atoms with Crippen molar-refractivity contribution in [3.05, 3.63) is 59.9 Å². The van der Waals surface area contributed by atoms with Crippen LogP contribution in [0.15, 0.2) is 53.5 Å². The lowest BCUT2D eigenvalue weighted by Gasteiger charge is -2.18. The van der Waals surface area contributed by atoms with Gasteiger partial charge in [0.1, 0.15) is 16.9 Å². The first-order valence-corrected chi connectivity index (χ1v) is 6.61. The van der Waals surface area contributed by atoms with Crippen LogP contribution in [0.1, 0.15) is 11.7 Å². The van der Waals surface area contributed by atoms with Crippen LogP contribution in [0.3, 0.4) is 0 Å². The highest BCUT2D eigenvalue weighted by molar-refractivity contribution is 5.92. The normalized spacial score (nSPS) is 17.2. The van der Waals surface area contributed by atoms with E-state index in [0.29, 0.717) is 11.5 Å². The summed E-state index contributed by atoms with van der Waals surface area (Å²) in [7, 11) is 0. The van der Waals surface area contributed by atoms with Gasteiger partial charge >= 0.3 is 5.95 Å². The van der Waals surface area contributed by atoms with Crippen molar-refractivity contribution in [2.45, 2.75) is 6.17 Å². The Morgan fingerprint density at radius 3 is 2.71 bits per heavy atom. The highest BCUT2D eigenvalue weighted by Gasteiger charge is 2.32. The number of imidazole rings is 1. The number of nitrogens with zero attached hydrogens (tertiary/aromatic N) is 2. The lowest BCUT2D eigenvalue weighted by atomic mass is 10.1. The molecule has 1 aliphatic heterocycles. The van der Waals surface area contributed by atoms with E-state index in [4.69, 9.17) is 5.73 Å². The molecule has 0 amide bonds. The van der Waals surface area contributed by atoms with E-state index >= 15 is 0 Å². The number of aromatic amines is 1. The summed E-state index contributed by atoms with van der Waals surface area (Å²) in [5.74, 6) is 0.649. The summed E-state index contributed by atoms with van der Waals surface area (Å²) in [6.45, 7) is 0. The number of aliphatic imine (C=N–C) groups is 1. The van der Waals surface area contributed by atoms with Crippen LogP contribution < -0.4 is 15.6 Å². The van der Waals surface area contributed by atoms with Crippen molar-refractivity contribution in [3.63, 3.8) is 0 Å². The molecule has 104 valence electrons. The average Bonchev–Trinajstić information content (AvgIpc) is 2.85. The van der Waals surface area contributed by atoms with Gasteiger partial charge in [0.05, 0.1) is 0 Å². The quantitative estimate of drug-likeness (QED) is 0.596. The van der Waals surface area contributed by atoms with Gasteiger partial charge in [-0.05, 0) is 18.2 Å². The summed E-state index contributed by atoms with van der Waals surface area (Å²) in [4.78, 5) is 7.60. The molecule has 5 nitrogen and oxygen atoms in total. The first kappa shape index (κ1) is 11.9. The molecule has 3 aromatic rings. The van der Waals surface area contributed by atoms with Gasteiger partial charge in [-0.25, -0.2) is 19.3 Å². The second-order valence-electron chi connectivity index (χ2n) is 4.90. The molecular weight excluding hydrogens is 269 g/mol. The van der Waals surface area contributed by atoms with Crippen LogP contribution >= 0.6 is 0 Å². The van der Waals surface area contributed by atoms with Gasteiger partial charge in [0.15, 0.2) is 0 Å². The van der Waals surface area contributed by atoms with Crippen LogP contribution in [0.5, 0.6) is 0 Å². The van der Waals surface area contributed by atoms with Gasteiger partial charge in [0.2, 0.25) is 6.17 Å². The second-order valence-corrected chi connectivity index (χ2v) is 4.90. The zero-order valence-corrected chi connectivity index (χ0v) is 11.0. The maximum absolute atomic E-state index is 14.1. The summed E-state index contributed by atoms with van der Waals surface area (Å²) in [6.07, 6.45) is -0.529. The van der Waals surface area contributed by atoms with E-state index in [1.54, 1.807) is 18.2 Å². The molecule has 0 saturated carbocycles. The van der Waals surface area contributed by atoms with Crippen molar-refractivity contribution in [3.8, 4) is 0 Å². The predicted octanol–water partition coefficient (Wildman–Crippen LogP) is 1.88. The minimum Gasteiger partial charge on any atom is -0.357 e. The molecule has 0 unspecified atom stereocenters. The van der Waals surface area contributed by atoms with Crippen molar-refractivity contribution >= 4 is 22.9 Å². The number of hydrogen-bond acceptors (Lipinski definition) is 3. The minimum atomic E-state index is -0.529. The van der Waals surface area contributed by atoms with Crippen molar-refractivity contribution < 1.29 is 8.96 Å². The van der Waals surface area contributed by atoms with E-state index in [1.807, 2.05) is 28.8 Å². The molecule has 0 radical (unpaired) electrons. The van der Waals surface area contributed by atoms with Gasteiger partial charge in [-0.3, -0.25) is 0 Å². The molecule has 1 atom stereocenters. The lowest BCUT2D eigenvalue weighted by molar-refractivity contribution is -0.674. The Hall–Kier alpha value is -2.89. The van der Waals surface area contributed by atoms with Crippen LogP contribution in [0, 0.1) is 5.82 Å². The summed E-state index contributed by atoms with van der Waals surface area (Å²) in [6, 6.07) is 14.4. The van der Waals surface area contributed by atoms with E-state index < -0.39 is 6.17 Å². The molecule has 2 aromatic carbocycles. The van der Waals surface area contributed by atoms with Crippen molar-refractivity contribution in [2.24, 2.45) is 10.7 Å². The summed E-state index contributed by atoms with van der Waals surface area (Å²) in [5.41, 5.74) is 8.19. The fraction of sp³-hybridized carbons (Fsp3) is 0.0667. The van der Waals surface area contributed by atoms with Crippen LogP contribution in [0.4, 0.5) is 10.3 Å². The fourth-order valence-corrected chi connectivity index (χ4v) is 2.68. The molecule has 21 heavy (non-hydrogen) atoms. The maximum Gasteiger partial charge on any atom is 0.365 e. The molecule has 0 spiro atoms. The zero-order chi connectivity index (χ0) is 14.4. The Morgan fingerprint density at radius 2 is 1.86 bits per heavy atom. The minimum absolute atomic E-state index is 0.259. The van der Waals surface area contributed by atoms with Crippen LogP contribution in [0.2, 0.25) is 0 Å². The third kappa shape index (κ3) is 1.76. The molecule has 2 heterocycles. The number of fused-ring (bicyclic) bond motifs is 3. The highest BCUT2D eigenvalue weighted by Crippen LogP contribution is 2.25. The average molecular weight is 282 g/mol. The fourth-order valence-electron chi connectivity index (χ4n) is 2.68. The third-order valence-corrected chi connectivity index (χ3v) is 3.59. The largest absolute Gasteiger partial charge is 0.365 e. The summed E-state index contributed by atoms with van der Waals surface area (Å²) < 4.78 is 16.1. The third-order valence-electron chi connectivity index (χ3n) is 3.59. The molecule has 6 heteroatoms. The monoisotopic (exact) mass is 282 g/mol. The topological polar surface area (TPSA) is 70.1 Å². The number of para-hydroxylation sites is 2. The summed E-state index contributed by atoms with van der Waals surface area (Å²) in [5, 5.41) is 2.98. The number of anilines is 1. The molecule has 4 rings (SSSR count). The van der Waals surface area contributed by atoms with Crippen LogP contribution in [-0.4, -0.2) is 10.9 Å². The van der Waals surface area contributed by atoms with Gasteiger partial charge in [-0.1, -0.05) is 30.3 Å². The number of nitrogens with one attached hydrogen (secondary N) is 2. The van der Waals surface area contributed by atoms with Gasteiger partial charge in [-0.2, -0.15) is 4.99 Å². The van der Waals surface area contributed by atoms with Gasteiger partial charge in [0, 0.05) is 5.56 Å². The van der Waals surface area contributed by atoms with Gasteiger partial charge < -0.3 is 5.73 Å². The number of nitrogens with two attached hydrogens (primary N) is 1. The molecule has 0 fully saturated rings. The first-order chi connectivity index (χ1) is 10.2. The molecule has 4 N–H and O–H groups in total. The van der Waals surface area contributed by atoms with Crippen LogP contribution in [0.25, 0.3) is 11.0 Å². The Balaban J connectivity index is 2.00.